The molecule has 4 N–H and O–H groups in total. The highest BCUT2D eigenvalue weighted by Gasteiger charge is 2.10. The Morgan fingerprint density at radius 3 is 2.32 bits per heavy atom. The molecule has 0 radical (unpaired) electrons. The summed E-state index contributed by atoms with van der Waals surface area (Å²) in [5.41, 5.74) is 7.45. The Labute approximate surface area is 116 Å². The van der Waals surface area contributed by atoms with E-state index in [4.69, 9.17) is 10.9 Å². The summed E-state index contributed by atoms with van der Waals surface area (Å²) in [5.74, 6) is 0.778. The normalized spacial score (nSPS) is 11.4. The van der Waals surface area contributed by atoms with Crippen LogP contribution < -0.4 is 10.9 Å². The molecule has 19 heavy (non-hydrogen) atoms. The van der Waals surface area contributed by atoms with E-state index in [-0.39, 0.29) is 4.90 Å². The number of nitrogens with two attached hydrogens (primary N) is 2. The van der Waals surface area contributed by atoms with E-state index < -0.39 is 10.0 Å². The molecule has 0 amide bonds. The molecule has 0 unspecified atom stereocenters. The molecule has 0 aromatic heterocycles. The fourth-order valence-electron chi connectivity index (χ4n) is 1.57. The molecule has 0 aliphatic heterocycles. The fourth-order valence-corrected chi connectivity index (χ4v) is 3.02. The minimum Gasteiger partial charge on any atom is -0.398 e. The summed E-state index contributed by atoms with van der Waals surface area (Å²) in [6, 6.07) is 14.5. The fraction of sp³-hybridized carbons (Fsp3) is 0.0769. The van der Waals surface area contributed by atoms with Gasteiger partial charge in [0.1, 0.15) is 0 Å². The molecule has 2 aromatic rings. The second-order valence-corrected chi connectivity index (χ2v) is 6.60. The Balaban J connectivity index is 2.14. The monoisotopic (exact) mass is 294 g/mol. The zero-order valence-electron chi connectivity index (χ0n) is 10.1. The number of hydrogen-bond acceptors (Lipinski definition) is 4. The second kappa shape index (κ2) is 5.64. The number of hydrogen-bond donors (Lipinski definition) is 2. The number of sulfonamides is 1. The van der Waals surface area contributed by atoms with Gasteiger partial charge in [0.2, 0.25) is 10.0 Å². The summed E-state index contributed by atoms with van der Waals surface area (Å²) in [6.45, 7) is 0. The first kappa shape index (κ1) is 13.9. The first-order valence-electron chi connectivity index (χ1n) is 5.56. The lowest BCUT2D eigenvalue weighted by Crippen LogP contribution is -2.12. The molecular formula is C13H14N2O2S2. The van der Waals surface area contributed by atoms with Crippen molar-refractivity contribution in [2.75, 3.05) is 5.73 Å². The lowest BCUT2D eigenvalue weighted by molar-refractivity contribution is 0.598. The molecule has 6 heteroatoms. The van der Waals surface area contributed by atoms with E-state index >= 15 is 0 Å². The molecule has 2 aromatic carbocycles. The molecular weight excluding hydrogens is 280 g/mol. The van der Waals surface area contributed by atoms with E-state index in [1.807, 2.05) is 30.3 Å². The number of nitrogen functional groups attached to an aromatic ring is 1. The van der Waals surface area contributed by atoms with E-state index in [2.05, 4.69) is 0 Å². The smallest absolute Gasteiger partial charge is 0.238 e. The number of benzene rings is 2. The standard InChI is InChI=1S/C13H14N2O2S2/c14-12-8-11(19(15,16)17)6-7-13(12)18-9-10-4-2-1-3-5-10/h1-8H,9,14H2,(H2,15,16,17). The molecule has 100 valence electrons. The molecule has 0 bridgehead atoms. The van der Waals surface area contributed by atoms with Gasteiger partial charge < -0.3 is 5.73 Å². The molecule has 0 fully saturated rings. The van der Waals surface area contributed by atoms with Gasteiger partial charge >= 0.3 is 0 Å². The molecule has 0 aliphatic carbocycles. The zero-order chi connectivity index (χ0) is 13.9. The molecule has 0 aliphatic rings. The molecule has 4 nitrogen and oxygen atoms in total. The highest BCUT2D eigenvalue weighted by molar-refractivity contribution is 7.98. The summed E-state index contributed by atoms with van der Waals surface area (Å²) >= 11 is 1.56. The topological polar surface area (TPSA) is 86.2 Å². The average Bonchev–Trinajstić information content (AvgIpc) is 2.37. The van der Waals surface area contributed by atoms with E-state index in [1.54, 1.807) is 17.8 Å². The maximum absolute atomic E-state index is 11.2. The maximum atomic E-state index is 11.2. The molecule has 2 rings (SSSR count). The van der Waals surface area contributed by atoms with Crippen LogP contribution in [0.5, 0.6) is 0 Å². The van der Waals surface area contributed by atoms with Gasteiger partial charge in [0.05, 0.1) is 4.90 Å². The van der Waals surface area contributed by atoms with Crippen LogP contribution in [0.15, 0.2) is 58.3 Å². The van der Waals surface area contributed by atoms with Crippen LogP contribution in [0, 0.1) is 0 Å². The van der Waals surface area contributed by atoms with Crippen molar-refractivity contribution in [1.29, 1.82) is 0 Å². The minimum absolute atomic E-state index is 0.0362. The predicted octanol–water partition coefficient (Wildman–Crippen LogP) is 2.21. The van der Waals surface area contributed by atoms with Gasteiger partial charge in [-0.2, -0.15) is 0 Å². The van der Waals surface area contributed by atoms with Gasteiger partial charge in [-0.3, -0.25) is 0 Å². The molecule has 0 spiro atoms. The summed E-state index contributed by atoms with van der Waals surface area (Å²) in [4.78, 5) is 0.880. The summed E-state index contributed by atoms with van der Waals surface area (Å²) in [7, 11) is -3.70. The highest BCUT2D eigenvalue weighted by Crippen LogP contribution is 2.29. The molecule has 0 atom stereocenters. The van der Waals surface area contributed by atoms with Gasteiger partial charge in [-0.15, -0.1) is 11.8 Å². The number of rotatable bonds is 4. The van der Waals surface area contributed by atoms with Gasteiger partial charge in [0, 0.05) is 16.3 Å². The lowest BCUT2D eigenvalue weighted by atomic mass is 10.2. The van der Waals surface area contributed by atoms with Crippen LogP contribution in [-0.2, 0) is 15.8 Å². The van der Waals surface area contributed by atoms with Crippen LogP contribution in [-0.4, -0.2) is 8.42 Å². The number of thioether (sulfide) groups is 1. The Morgan fingerprint density at radius 1 is 1.05 bits per heavy atom. The van der Waals surface area contributed by atoms with E-state index in [0.717, 1.165) is 10.6 Å². The lowest BCUT2D eigenvalue weighted by Gasteiger charge is -2.07. The Bertz CT molecular complexity index is 670. The van der Waals surface area contributed by atoms with Crippen molar-refractivity contribution in [3.8, 4) is 0 Å². The first-order valence-corrected chi connectivity index (χ1v) is 8.09. The second-order valence-electron chi connectivity index (χ2n) is 4.02. The minimum atomic E-state index is -3.70. The third kappa shape index (κ3) is 3.73. The van der Waals surface area contributed by atoms with Crippen molar-refractivity contribution < 1.29 is 8.42 Å². The predicted molar refractivity (Wildman–Crippen MR) is 78.2 cm³/mol. The van der Waals surface area contributed by atoms with Gasteiger partial charge in [0.25, 0.3) is 0 Å². The summed E-state index contributed by atoms with van der Waals surface area (Å²) in [6.07, 6.45) is 0. The Morgan fingerprint density at radius 2 is 1.74 bits per heavy atom. The number of anilines is 1. The van der Waals surface area contributed by atoms with Crippen molar-refractivity contribution in [3.05, 3.63) is 54.1 Å². The molecule has 0 saturated heterocycles. The van der Waals surface area contributed by atoms with Crippen LogP contribution in [0.25, 0.3) is 0 Å². The van der Waals surface area contributed by atoms with Crippen LogP contribution >= 0.6 is 11.8 Å². The van der Waals surface area contributed by atoms with E-state index in [0.29, 0.717) is 5.69 Å². The van der Waals surface area contributed by atoms with Crippen molar-refractivity contribution in [3.63, 3.8) is 0 Å². The van der Waals surface area contributed by atoms with Crippen molar-refractivity contribution in [2.45, 2.75) is 15.5 Å². The summed E-state index contributed by atoms with van der Waals surface area (Å²) in [5, 5.41) is 5.05. The maximum Gasteiger partial charge on any atom is 0.238 e. The van der Waals surface area contributed by atoms with Crippen LogP contribution in [0.4, 0.5) is 5.69 Å². The molecule has 0 saturated carbocycles. The van der Waals surface area contributed by atoms with E-state index in [9.17, 15) is 8.42 Å². The first-order chi connectivity index (χ1) is 8.97. The Kier molecular flexibility index (Phi) is 4.14. The molecule has 0 heterocycles. The average molecular weight is 294 g/mol. The SMILES string of the molecule is Nc1cc(S(N)(=O)=O)ccc1SCc1ccccc1. The van der Waals surface area contributed by atoms with Crippen molar-refractivity contribution in [2.24, 2.45) is 5.14 Å². The Hall–Kier alpha value is -1.50. The van der Waals surface area contributed by atoms with Gasteiger partial charge in [0.15, 0.2) is 0 Å². The van der Waals surface area contributed by atoms with Crippen molar-refractivity contribution in [1.82, 2.24) is 0 Å². The quantitative estimate of drug-likeness (QED) is 0.668. The van der Waals surface area contributed by atoms with Crippen LogP contribution in [0.1, 0.15) is 5.56 Å². The van der Waals surface area contributed by atoms with Crippen LogP contribution in [0.3, 0.4) is 0 Å². The summed E-state index contributed by atoms with van der Waals surface area (Å²) < 4.78 is 22.4. The zero-order valence-corrected chi connectivity index (χ0v) is 11.7. The third-order valence-electron chi connectivity index (χ3n) is 2.55. The van der Waals surface area contributed by atoms with Gasteiger partial charge in [-0.1, -0.05) is 30.3 Å². The van der Waals surface area contributed by atoms with E-state index in [1.165, 1.54) is 17.7 Å². The number of primary sulfonamides is 1. The third-order valence-corrected chi connectivity index (χ3v) is 4.62. The van der Waals surface area contributed by atoms with Gasteiger partial charge in [-0.05, 0) is 23.8 Å². The largest absolute Gasteiger partial charge is 0.398 e. The van der Waals surface area contributed by atoms with Gasteiger partial charge in [-0.25, -0.2) is 13.6 Å². The van der Waals surface area contributed by atoms with Crippen LogP contribution in [0.2, 0.25) is 0 Å². The highest BCUT2D eigenvalue weighted by atomic mass is 32.2. The van der Waals surface area contributed by atoms with Crippen molar-refractivity contribution >= 4 is 27.5 Å².